The van der Waals surface area contributed by atoms with Crippen LogP contribution in [-0.2, 0) is 4.84 Å². The van der Waals surface area contributed by atoms with Crippen LogP contribution in [0.5, 0.6) is 0 Å². The Kier molecular flexibility index (Phi) is 5.65. The molecule has 1 saturated heterocycles. The lowest BCUT2D eigenvalue weighted by Gasteiger charge is -2.29. The monoisotopic (exact) mass is 416 g/mol. The second-order valence-corrected chi connectivity index (χ2v) is 8.17. The maximum Gasteiger partial charge on any atom is 0.274 e. The van der Waals surface area contributed by atoms with E-state index < -0.39 is 6.10 Å². The normalized spacial score (nSPS) is 16.5. The van der Waals surface area contributed by atoms with Gasteiger partial charge in [-0.1, -0.05) is 59.8 Å². The molecule has 31 heavy (non-hydrogen) atoms. The van der Waals surface area contributed by atoms with Gasteiger partial charge in [-0.3, -0.25) is 4.90 Å². The minimum atomic E-state index is -0.541. The minimum absolute atomic E-state index is 0.202. The number of oxime groups is 1. The SMILES string of the molecule is O[C@H](CON=C1c2ccccc2-c2ccccc21)C[NH+]1CCN(c2cccc[nH+]2)CC1. The van der Waals surface area contributed by atoms with E-state index in [9.17, 15) is 5.11 Å². The van der Waals surface area contributed by atoms with Gasteiger partial charge in [-0.25, -0.2) is 4.98 Å². The van der Waals surface area contributed by atoms with Crippen molar-refractivity contribution in [3.05, 3.63) is 84.1 Å². The largest absolute Gasteiger partial charge is 0.392 e. The minimum Gasteiger partial charge on any atom is -0.392 e. The second-order valence-electron chi connectivity index (χ2n) is 8.17. The van der Waals surface area contributed by atoms with Crippen LogP contribution in [0, 0.1) is 0 Å². The summed E-state index contributed by atoms with van der Waals surface area (Å²) in [5.41, 5.74) is 5.37. The third-order valence-electron chi connectivity index (χ3n) is 6.11. The molecule has 6 heteroatoms. The molecule has 0 amide bonds. The summed E-state index contributed by atoms with van der Waals surface area (Å²) in [5.74, 6) is 1.15. The summed E-state index contributed by atoms with van der Waals surface area (Å²) in [5, 5.41) is 14.9. The lowest BCUT2D eigenvalue weighted by atomic mass is 10.1. The molecule has 2 aromatic carbocycles. The molecule has 3 aromatic rings. The molecule has 0 radical (unpaired) electrons. The molecule has 1 aliphatic carbocycles. The topological polar surface area (TPSA) is 63.6 Å². The van der Waals surface area contributed by atoms with Crippen molar-refractivity contribution in [2.24, 2.45) is 5.16 Å². The Balaban J connectivity index is 1.16. The molecule has 1 fully saturated rings. The van der Waals surface area contributed by atoms with Crippen molar-refractivity contribution < 1.29 is 19.8 Å². The quantitative estimate of drug-likeness (QED) is 0.462. The number of quaternary nitrogens is 1. The van der Waals surface area contributed by atoms with E-state index in [0.717, 1.165) is 48.8 Å². The van der Waals surface area contributed by atoms with Gasteiger partial charge in [-0.05, 0) is 17.2 Å². The number of pyridine rings is 1. The van der Waals surface area contributed by atoms with E-state index in [1.54, 1.807) is 0 Å². The number of aliphatic hydroxyl groups excluding tert-OH is 1. The number of nitrogens with one attached hydrogen (secondary N) is 2. The Labute approximate surface area is 182 Å². The van der Waals surface area contributed by atoms with Crippen LogP contribution in [0.2, 0.25) is 0 Å². The molecular formula is C25H28N4O2+2. The summed E-state index contributed by atoms with van der Waals surface area (Å²) in [6, 6.07) is 22.6. The summed E-state index contributed by atoms with van der Waals surface area (Å²) in [4.78, 5) is 12.7. The number of aliphatic hydroxyl groups is 1. The number of rotatable bonds is 6. The fourth-order valence-corrected chi connectivity index (χ4v) is 4.52. The van der Waals surface area contributed by atoms with Crippen LogP contribution in [0.4, 0.5) is 5.82 Å². The van der Waals surface area contributed by atoms with Gasteiger partial charge in [-0.2, -0.15) is 0 Å². The summed E-state index contributed by atoms with van der Waals surface area (Å²) < 4.78 is 0. The first-order valence-electron chi connectivity index (χ1n) is 10.9. The molecule has 1 aromatic heterocycles. The first-order valence-corrected chi connectivity index (χ1v) is 10.9. The average Bonchev–Trinajstić information content (AvgIpc) is 3.14. The number of hydrogen-bond donors (Lipinski definition) is 2. The van der Waals surface area contributed by atoms with Gasteiger partial charge in [0.2, 0.25) is 0 Å². The number of hydrogen-bond acceptors (Lipinski definition) is 4. The standard InChI is InChI=1S/C25H26N4O2/c30-19(17-28-13-15-29(16-14-28)24-11-5-6-12-26-24)18-31-27-25-22-9-3-1-7-20(22)21-8-2-4-10-23(21)25/h1-12,19,30H,13-18H2/p+2/t19-/m0/s1. The molecular weight excluding hydrogens is 388 g/mol. The Morgan fingerprint density at radius 2 is 1.52 bits per heavy atom. The third-order valence-corrected chi connectivity index (χ3v) is 6.11. The molecule has 0 unspecified atom stereocenters. The number of piperazine rings is 1. The zero-order valence-corrected chi connectivity index (χ0v) is 17.5. The van der Waals surface area contributed by atoms with E-state index in [2.05, 4.69) is 51.4 Å². The highest BCUT2D eigenvalue weighted by Crippen LogP contribution is 2.36. The highest BCUT2D eigenvalue weighted by molar-refractivity contribution is 6.24. The number of anilines is 1. The Bertz CT molecular complexity index is 1010. The summed E-state index contributed by atoms with van der Waals surface area (Å²) >= 11 is 0. The fourth-order valence-electron chi connectivity index (χ4n) is 4.52. The number of aromatic nitrogens is 1. The van der Waals surface area contributed by atoms with Crippen LogP contribution in [0.25, 0.3) is 11.1 Å². The smallest absolute Gasteiger partial charge is 0.274 e. The molecule has 158 valence electrons. The Morgan fingerprint density at radius 1 is 0.903 bits per heavy atom. The molecule has 0 spiro atoms. The summed E-state index contributed by atoms with van der Waals surface area (Å²) in [6.45, 7) is 4.81. The molecule has 1 aliphatic heterocycles. The van der Waals surface area contributed by atoms with Gasteiger partial charge < -0.3 is 14.8 Å². The first-order chi connectivity index (χ1) is 15.3. The number of aromatic amines is 1. The fraction of sp³-hybridized carbons (Fsp3) is 0.280. The van der Waals surface area contributed by atoms with Crippen molar-refractivity contribution in [2.75, 3.05) is 44.2 Å². The van der Waals surface area contributed by atoms with Gasteiger partial charge in [-0.15, -0.1) is 0 Å². The van der Waals surface area contributed by atoms with Gasteiger partial charge in [0.05, 0.1) is 6.20 Å². The zero-order chi connectivity index (χ0) is 21.0. The molecule has 6 nitrogen and oxygen atoms in total. The number of fused-ring (bicyclic) bond motifs is 3. The van der Waals surface area contributed by atoms with E-state index in [-0.39, 0.29) is 6.61 Å². The van der Waals surface area contributed by atoms with Crippen molar-refractivity contribution in [1.29, 1.82) is 0 Å². The summed E-state index contributed by atoms with van der Waals surface area (Å²) in [6.07, 6.45) is 1.42. The van der Waals surface area contributed by atoms with Crippen LogP contribution >= 0.6 is 0 Å². The van der Waals surface area contributed by atoms with Gasteiger partial charge in [0.1, 0.15) is 51.1 Å². The molecule has 0 bridgehead atoms. The van der Waals surface area contributed by atoms with E-state index in [1.807, 2.05) is 36.5 Å². The number of benzene rings is 2. The highest BCUT2D eigenvalue weighted by atomic mass is 16.6. The van der Waals surface area contributed by atoms with Gasteiger partial charge in [0.25, 0.3) is 5.82 Å². The third kappa shape index (κ3) is 4.17. The second kappa shape index (κ2) is 8.88. The van der Waals surface area contributed by atoms with Crippen LogP contribution < -0.4 is 14.8 Å². The van der Waals surface area contributed by atoms with Crippen LogP contribution in [0.1, 0.15) is 11.1 Å². The van der Waals surface area contributed by atoms with E-state index >= 15 is 0 Å². The van der Waals surface area contributed by atoms with Gasteiger partial charge in [0.15, 0.2) is 0 Å². The average molecular weight is 417 g/mol. The molecule has 2 heterocycles. The molecule has 5 rings (SSSR count). The highest BCUT2D eigenvalue weighted by Gasteiger charge is 2.28. The first kappa shape index (κ1) is 19.7. The maximum atomic E-state index is 10.5. The van der Waals surface area contributed by atoms with Crippen LogP contribution in [0.3, 0.4) is 0 Å². The summed E-state index contributed by atoms with van der Waals surface area (Å²) in [7, 11) is 0. The van der Waals surface area contributed by atoms with Gasteiger partial charge in [0, 0.05) is 17.2 Å². The zero-order valence-electron chi connectivity index (χ0n) is 17.5. The van der Waals surface area contributed by atoms with E-state index in [0.29, 0.717) is 6.54 Å². The van der Waals surface area contributed by atoms with Gasteiger partial charge >= 0.3 is 0 Å². The molecule has 2 aliphatic rings. The van der Waals surface area contributed by atoms with Crippen LogP contribution in [0.15, 0.2) is 78.1 Å². The van der Waals surface area contributed by atoms with Crippen molar-refractivity contribution >= 4 is 11.5 Å². The van der Waals surface area contributed by atoms with Crippen molar-refractivity contribution in [1.82, 2.24) is 0 Å². The van der Waals surface area contributed by atoms with Crippen molar-refractivity contribution in [3.8, 4) is 11.1 Å². The van der Waals surface area contributed by atoms with Crippen molar-refractivity contribution in [2.45, 2.75) is 6.10 Å². The lowest BCUT2D eigenvalue weighted by Crippen LogP contribution is -3.16. The number of nitrogens with zero attached hydrogens (tertiary/aromatic N) is 2. The molecule has 0 saturated carbocycles. The number of H-pyrrole nitrogens is 1. The maximum absolute atomic E-state index is 10.5. The Hall–Kier alpha value is -3.22. The van der Waals surface area contributed by atoms with E-state index in [4.69, 9.17) is 4.84 Å². The Morgan fingerprint density at radius 3 is 2.13 bits per heavy atom. The molecule has 3 N–H and O–H groups in total. The van der Waals surface area contributed by atoms with Crippen molar-refractivity contribution in [3.63, 3.8) is 0 Å². The van der Waals surface area contributed by atoms with E-state index in [1.165, 1.54) is 16.0 Å². The van der Waals surface area contributed by atoms with Crippen LogP contribution in [-0.4, -0.2) is 56.3 Å². The predicted octanol–water partition coefficient (Wildman–Crippen LogP) is 1.02. The predicted molar refractivity (Wildman–Crippen MR) is 120 cm³/mol. The molecule has 1 atom stereocenters. The lowest BCUT2D eigenvalue weighted by molar-refractivity contribution is -0.903.